The molecule has 1 aromatic heterocycles. The van der Waals surface area contributed by atoms with Crippen molar-refractivity contribution in [1.82, 2.24) is 0 Å². The van der Waals surface area contributed by atoms with Gasteiger partial charge in [-0.2, -0.15) is 0 Å². The van der Waals surface area contributed by atoms with E-state index in [4.69, 9.17) is 25.5 Å². The first-order valence-electron chi connectivity index (χ1n) is 19.0. The van der Waals surface area contributed by atoms with E-state index in [1.807, 2.05) is 18.2 Å². The van der Waals surface area contributed by atoms with E-state index in [1.54, 1.807) is 6.26 Å². The van der Waals surface area contributed by atoms with Crippen LogP contribution in [0, 0.1) is 0 Å². The number of nitrogens with zero attached hydrogens (tertiary/aromatic N) is 1. The van der Waals surface area contributed by atoms with Gasteiger partial charge in [-0.3, -0.25) is 0 Å². The molecule has 2 aliphatic heterocycles. The van der Waals surface area contributed by atoms with Crippen molar-refractivity contribution in [1.29, 1.82) is 0 Å². The van der Waals surface area contributed by atoms with Crippen LogP contribution in [0.2, 0.25) is 5.02 Å². The van der Waals surface area contributed by atoms with E-state index >= 15 is 0 Å². The van der Waals surface area contributed by atoms with Crippen molar-refractivity contribution in [2.24, 2.45) is 0 Å². The second kappa shape index (κ2) is 11.9. The maximum Gasteiger partial charge on any atom is 0.133 e. The van der Waals surface area contributed by atoms with Gasteiger partial charge in [-0.05, 0) is 101 Å². The van der Waals surface area contributed by atoms with Crippen molar-refractivity contribution < 1.29 is 13.9 Å². The quantitative estimate of drug-likeness (QED) is 0.180. The monoisotopic (exact) mass is 741 g/mol. The molecule has 3 unspecified atom stereocenters. The van der Waals surface area contributed by atoms with Crippen LogP contribution in [-0.2, 0) is 5.41 Å². The molecule has 5 heteroatoms. The zero-order valence-electron chi connectivity index (χ0n) is 30.0. The molecule has 0 fully saturated rings. The summed E-state index contributed by atoms with van der Waals surface area (Å²) in [6.07, 6.45) is 10.3. The second-order valence-electron chi connectivity index (χ2n) is 14.9. The Kier molecular flexibility index (Phi) is 6.70. The van der Waals surface area contributed by atoms with Crippen molar-refractivity contribution in [3.8, 4) is 39.5 Å². The van der Waals surface area contributed by atoms with Crippen molar-refractivity contribution in [3.63, 3.8) is 0 Å². The summed E-state index contributed by atoms with van der Waals surface area (Å²) < 4.78 is 19.3. The molecular formula is C51H32ClNO3. The standard InChI is InChI=1S/C51H32ClNO3/c52-43-18-10-17-41-50(43)36-13-4-6-15-39(36)51(41)40-16-7-9-20-46(40)56-47-24-22-34(29-42(47)51)53(33-11-2-1-3-12-33)35-28-38(31-21-23-44-32(27-31)25-26-54-44)49-37-14-5-8-19-45(37)55-48(49)30-35/h1-30,37,45H. The zero-order chi connectivity index (χ0) is 37.0. The Bertz CT molecular complexity index is 2980. The fraction of sp³-hybridized carbons (Fsp3) is 0.0588. The molecule has 2 aliphatic carbocycles. The Labute approximate surface area is 329 Å². The Hall–Kier alpha value is -6.75. The summed E-state index contributed by atoms with van der Waals surface area (Å²) in [5.41, 5.74) is 13.4. The zero-order valence-corrected chi connectivity index (χ0v) is 30.8. The van der Waals surface area contributed by atoms with Gasteiger partial charge < -0.3 is 18.8 Å². The van der Waals surface area contributed by atoms with Gasteiger partial charge in [0.25, 0.3) is 0 Å². The van der Waals surface area contributed by atoms with Gasteiger partial charge in [0.05, 0.1) is 17.4 Å². The summed E-state index contributed by atoms with van der Waals surface area (Å²) in [6.45, 7) is 0. The molecule has 0 amide bonds. The number of benzene rings is 7. The van der Waals surface area contributed by atoms with Crippen molar-refractivity contribution in [2.75, 3.05) is 4.90 Å². The van der Waals surface area contributed by atoms with E-state index in [0.29, 0.717) is 0 Å². The molecule has 8 aromatic rings. The average molecular weight is 742 g/mol. The molecule has 4 nitrogen and oxygen atoms in total. The van der Waals surface area contributed by atoms with Crippen LogP contribution >= 0.6 is 11.6 Å². The van der Waals surface area contributed by atoms with E-state index in [1.165, 1.54) is 11.1 Å². The van der Waals surface area contributed by atoms with Crippen LogP contribution < -0.4 is 14.4 Å². The smallest absolute Gasteiger partial charge is 0.133 e. The van der Waals surface area contributed by atoms with E-state index in [0.717, 1.165) is 89.2 Å². The molecule has 1 spiro atoms. The van der Waals surface area contributed by atoms with E-state index < -0.39 is 5.41 Å². The van der Waals surface area contributed by atoms with Crippen LogP contribution in [0.1, 0.15) is 33.7 Å². The van der Waals surface area contributed by atoms with Crippen LogP contribution in [-0.4, -0.2) is 6.10 Å². The summed E-state index contributed by atoms with van der Waals surface area (Å²) in [6, 6.07) is 53.6. The first kappa shape index (κ1) is 31.6. The molecule has 12 rings (SSSR count). The van der Waals surface area contributed by atoms with Gasteiger partial charge in [0.1, 0.15) is 28.9 Å². The predicted octanol–water partition coefficient (Wildman–Crippen LogP) is 13.7. The molecule has 0 bridgehead atoms. The van der Waals surface area contributed by atoms with Crippen molar-refractivity contribution >= 4 is 39.6 Å². The number of anilines is 3. The Morgan fingerprint density at radius 3 is 2.29 bits per heavy atom. The van der Waals surface area contributed by atoms with Crippen molar-refractivity contribution in [3.05, 3.63) is 215 Å². The average Bonchev–Trinajstić information content (AvgIpc) is 3.95. The predicted molar refractivity (Wildman–Crippen MR) is 224 cm³/mol. The highest BCUT2D eigenvalue weighted by molar-refractivity contribution is 6.34. The summed E-state index contributed by atoms with van der Waals surface area (Å²) in [5.74, 6) is 2.66. The fourth-order valence-corrected chi connectivity index (χ4v) is 9.99. The van der Waals surface area contributed by atoms with Crippen LogP contribution in [0.4, 0.5) is 17.1 Å². The largest absolute Gasteiger partial charge is 0.485 e. The number of allylic oxidation sites excluding steroid dienone is 2. The molecule has 3 atom stereocenters. The lowest BCUT2D eigenvalue weighted by atomic mass is 9.66. The number of hydrogen-bond acceptors (Lipinski definition) is 4. The van der Waals surface area contributed by atoms with Crippen LogP contribution in [0.25, 0.3) is 33.2 Å². The third kappa shape index (κ3) is 4.36. The highest BCUT2D eigenvalue weighted by Gasteiger charge is 2.52. The lowest BCUT2D eigenvalue weighted by Gasteiger charge is -2.40. The Morgan fingerprint density at radius 1 is 0.554 bits per heavy atom. The van der Waals surface area contributed by atoms with Crippen LogP contribution in [0.3, 0.4) is 0 Å². The first-order valence-corrected chi connectivity index (χ1v) is 19.4. The molecule has 3 heterocycles. The molecule has 7 aromatic carbocycles. The number of rotatable bonds is 4. The second-order valence-corrected chi connectivity index (χ2v) is 15.3. The molecule has 0 radical (unpaired) electrons. The Balaban J connectivity index is 1.12. The number of halogens is 1. The Morgan fingerprint density at radius 2 is 1.36 bits per heavy atom. The molecule has 266 valence electrons. The number of ether oxygens (including phenoxy) is 2. The minimum atomic E-state index is -0.667. The van der Waals surface area contributed by atoms with E-state index in [9.17, 15) is 0 Å². The maximum absolute atomic E-state index is 7.11. The number of furan rings is 1. The van der Waals surface area contributed by atoms with Crippen molar-refractivity contribution in [2.45, 2.75) is 17.4 Å². The van der Waals surface area contributed by atoms with Gasteiger partial charge in [-0.1, -0.05) is 109 Å². The van der Waals surface area contributed by atoms with Gasteiger partial charge in [0, 0.05) is 56.0 Å². The number of fused-ring (bicyclic) bond motifs is 13. The summed E-state index contributed by atoms with van der Waals surface area (Å²) in [4.78, 5) is 2.34. The van der Waals surface area contributed by atoms with Gasteiger partial charge >= 0.3 is 0 Å². The normalized spacial score (nSPS) is 19.0. The summed E-state index contributed by atoms with van der Waals surface area (Å²) >= 11 is 7.11. The highest BCUT2D eigenvalue weighted by Crippen LogP contribution is 2.63. The summed E-state index contributed by atoms with van der Waals surface area (Å²) in [5, 5.41) is 1.80. The van der Waals surface area contributed by atoms with Crippen LogP contribution in [0.5, 0.6) is 17.2 Å². The molecule has 0 saturated heterocycles. The molecule has 56 heavy (non-hydrogen) atoms. The third-order valence-electron chi connectivity index (χ3n) is 12.0. The van der Waals surface area contributed by atoms with Gasteiger partial charge in [-0.25, -0.2) is 0 Å². The third-order valence-corrected chi connectivity index (χ3v) is 12.3. The van der Waals surface area contributed by atoms with E-state index in [-0.39, 0.29) is 12.0 Å². The lowest BCUT2D eigenvalue weighted by Crippen LogP contribution is -2.32. The highest BCUT2D eigenvalue weighted by atomic mass is 35.5. The van der Waals surface area contributed by atoms with Crippen LogP contribution in [0.15, 0.2) is 187 Å². The van der Waals surface area contributed by atoms with E-state index in [2.05, 4.69) is 163 Å². The molecule has 4 aliphatic rings. The molecule has 0 saturated carbocycles. The lowest BCUT2D eigenvalue weighted by molar-refractivity contribution is 0.269. The topological polar surface area (TPSA) is 34.8 Å². The SMILES string of the molecule is Clc1cccc2c1-c1ccccc1C21c2ccccc2Oc2ccc(N(c3ccccc3)c3cc4c(c(-c5ccc6occc6c5)c3)C3C=CC=CC3O4)cc21. The number of para-hydroxylation sites is 2. The minimum absolute atomic E-state index is 0.0676. The first-order chi connectivity index (χ1) is 27.7. The minimum Gasteiger partial charge on any atom is -0.485 e. The van der Waals surface area contributed by atoms with Gasteiger partial charge in [0.2, 0.25) is 0 Å². The summed E-state index contributed by atoms with van der Waals surface area (Å²) in [7, 11) is 0. The molecule has 0 N–H and O–H groups in total. The van der Waals surface area contributed by atoms with Gasteiger partial charge in [0.15, 0.2) is 0 Å². The number of hydrogen-bond donors (Lipinski definition) is 0. The fourth-order valence-electron chi connectivity index (χ4n) is 9.72. The van der Waals surface area contributed by atoms with Gasteiger partial charge in [-0.15, -0.1) is 0 Å². The maximum atomic E-state index is 7.11. The molecular weight excluding hydrogens is 710 g/mol.